The van der Waals surface area contributed by atoms with Gasteiger partial charge in [0.25, 0.3) is 0 Å². The maximum Gasteiger partial charge on any atom is 0.312 e. The van der Waals surface area contributed by atoms with Crippen molar-refractivity contribution in [2.45, 2.75) is 26.2 Å². The Hall–Kier alpha value is -2.07. The lowest BCUT2D eigenvalue weighted by molar-refractivity contribution is -0.142. The third-order valence-electron chi connectivity index (χ3n) is 3.86. The van der Waals surface area contributed by atoms with E-state index in [4.69, 9.17) is 21.1 Å². The van der Waals surface area contributed by atoms with E-state index >= 15 is 0 Å². The lowest BCUT2D eigenvalue weighted by atomic mass is 9.94. The van der Waals surface area contributed by atoms with E-state index in [1.807, 2.05) is 18.2 Å². The van der Waals surface area contributed by atoms with E-state index in [9.17, 15) is 9.59 Å². The molecule has 2 aromatic carbocycles. The number of carbonyl (C=O) groups is 2. The number of benzene rings is 2. The molecule has 23 heavy (non-hydrogen) atoms. The Morgan fingerprint density at radius 1 is 1.17 bits per heavy atom. The van der Waals surface area contributed by atoms with Gasteiger partial charge in [0, 0.05) is 11.8 Å². The van der Waals surface area contributed by atoms with E-state index in [2.05, 4.69) is 0 Å². The molecule has 0 aliphatic rings. The van der Waals surface area contributed by atoms with Crippen LogP contribution in [0, 0.1) is 0 Å². The summed E-state index contributed by atoms with van der Waals surface area (Å²) in [5, 5.41) is 2.13. The fourth-order valence-corrected chi connectivity index (χ4v) is 2.89. The molecule has 2 rings (SSSR count). The van der Waals surface area contributed by atoms with Gasteiger partial charge in [-0.1, -0.05) is 23.7 Å². The fraction of sp³-hybridized carbons (Fsp3) is 0.333. The average molecular weight is 335 g/mol. The second-order valence-corrected chi connectivity index (χ2v) is 5.86. The van der Waals surface area contributed by atoms with Crippen LogP contribution >= 0.6 is 11.6 Å². The third-order valence-corrected chi connectivity index (χ3v) is 4.25. The van der Waals surface area contributed by atoms with Crippen LogP contribution in [0.15, 0.2) is 24.3 Å². The van der Waals surface area contributed by atoms with Gasteiger partial charge in [-0.2, -0.15) is 0 Å². The van der Waals surface area contributed by atoms with Crippen molar-refractivity contribution in [1.29, 1.82) is 0 Å². The van der Waals surface area contributed by atoms with Gasteiger partial charge >= 0.3 is 5.97 Å². The molecule has 0 heterocycles. The quantitative estimate of drug-likeness (QED) is 0.778. The fourth-order valence-electron chi connectivity index (χ4n) is 2.60. The van der Waals surface area contributed by atoms with Gasteiger partial charge < -0.3 is 9.47 Å². The molecule has 122 valence electrons. The van der Waals surface area contributed by atoms with Gasteiger partial charge in [0.2, 0.25) is 0 Å². The number of esters is 1. The van der Waals surface area contributed by atoms with E-state index in [0.717, 1.165) is 21.9 Å². The Labute approximate surface area is 140 Å². The van der Waals surface area contributed by atoms with Crippen LogP contribution in [0.25, 0.3) is 10.8 Å². The molecule has 0 fully saturated rings. The maximum absolute atomic E-state index is 11.8. The molecule has 2 aromatic rings. The largest absolute Gasteiger partial charge is 0.495 e. The molecule has 5 heteroatoms. The second kappa shape index (κ2) is 7.01. The first-order valence-corrected chi connectivity index (χ1v) is 7.63. The molecule has 1 atom stereocenters. The van der Waals surface area contributed by atoms with Gasteiger partial charge in [-0.05, 0) is 42.5 Å². The van der Waals surface area contributed by atoms with Crippen molar-refractivity contribution < 1.29 is 19.1 Å². The smallest absolute Gasteiger partial charge is 0.312 e. The van der Waals surface area contributed by atoms with Crippen molar-refractivity contribution in [1.82, 2.24) is 0 Å². The summed E-state index contributed by atoms with van der Waals surface area (Å²) in [5.74, 6) is -0.126. The number of Topliss-reactive ketones (excluding diaryl/α,β-unsaturated/α-hetero) is 1. The molecule has 0 saturated carbocycles. The molecule has 0 bridgehead atoms. The molecular formula is C18H19ClO4. The molecule has 0 aliphatic heterocycles. The van der Waals surface area contributed by atoms with Gasteiger partial charge in [-0.3, -0.25) is 9.59 Å². The molecule has 0 spiro atoms. The molecule has 0 amide bonds. The molecule has 0 unspecified atom stereocenters. The Balaban J connectivity index is 2.67. The minimum absolute atomic E-state index is 0.0436. The normalized spacial score (nSPS) is 12.0. The number of hydrogen-bond acceptors (Lipinski definition) is 4. The minimum atomic E-state index is -0.393. The van der Waals surface area contributed by atoms with Crippen LogP contribution in [0.1, 0.15) is 30.9 Å². The van der Waals surface area contributed by atoms with Crippen molar-refractivity contribution in [3.05, 3.63) is 40.4 Å². The number of methoxy groups -OCH3 is 2. The van der Waals surface area contributed by atoms with Gasteiger partial charge in [0.05, 0.1) is 25.2 Å². The first-order valence-electron chi connectivity index (χ1n) is 7.25. The third kappa shape index (κ3) is 3.48. The second-order valence-electron chi connectivity index (χ2n) is 5.48. The Morgan fingerprint density at radius 3 is 2.43 bits per heavy atom. The van der Waals surface area contributed by atoms with Crippen molar-refractivity contribution >= 4 is 34.1 Å². The SMILES string of the molecule is COC(=O)[C@@H](C)c1ccc2c(Cl)c(OC)cc(CC(C)=O)c2c1. The lowest BCUT2D eigenvalue weighted by Crippen LogP contribution is -2.10. The van der Waals surface area contributed by atoms with Crippen LogP contribution in [0.5, 0.6) is 5.75 Å². The van der Waals surface area contributed by atoms with Gasteiger partial charge in [0.15, 0.2) is 0 Å². The number of ketones is 1. The first-order chi connectivity index (χ1) is 10.9. The highest BCUT2D eigenvalue weighted by Gasteiger charge is 2.18. The van der Waals surface area contributed by atoms with Crippen molar-refractivity contribution in [2.75, 3.05) is 14.2 Å². The number of hydrogen-bond donors (Lipinski definition) is 0. The Kier molecular flexibility index (Phi) is 5.26. The van der Waals surface area contributed by atoms with Gasteiger partial charge in [-0.25, -0.2) is 0 Å². The molecule has 0 radical (unpaired) electrons. The zero-order valence-corrected chi connectivity index (χ0v) is 14.4. The van der Waals surface area contributed by atoms with Crippen LogP contribution in [-0.4, -0.2) is 26.0 Å². The average Bonchev–Trinajstić information content (AvgIpc) is 2.55. The van der Waals surface area contributed by atoms with E-state index in [0.29, 0.717) is 10.8 Å². The standard InChI is InChI=1S/C18H19ClO4/c1-10(20)7-13-9-16(22-3)17(19)14-6-5-12(8-15(13)14)11(2)18(21)23-4/h5-6,8-9,11H,7H2,1-4H3/t11-/m0/s1. The zero-order chi connectivity index (χ0) is 17.1. The zero-order valence-electron chi connectivity index (χ0n) is 13.6. The summed E-state index contributed by atoms with van der Waals surface area (Å²) in [6.07, 6.45) is 0.278. The number of carbonyl (C=O) groups excluding carboxylic acids is 2. The summed E-state index contributed by atoms with van der Waals surface area (Å²) in [5.41, 5.74) is 1.64. The number of halogens is 1. The molecule has 4 nitrogen and oxygen atoms in total. The van der Waals surface area contributed by atoms with Crippen LogP contribution in [-0.2, 0) is 20.7 Å². The first kappa shape index (κ1) is 17.3. The molecule has 0 aliphatic carbocycles. The highest BCUT2D eigenvalue weighted by molar-refractivity contribution is 6.37. The van der Waals surface area contributed by atoms with E-state index in [-0.39, 0.29) is 18.2 Å². The van der Waals surface area contributed by atoms with Crippen LogP contribution in [0.2, 0.25) is 5.02 Å². The van der Waals surface area contributed by atoms with Crippen LogP contribution < -0.4 is 4.74 Å². The Morgan fingerprint density at radius 2 is 1.87 bits per heavy atom. The monoisotopic (exact) mass is 334 g/mol. The Bertz CT molecular complexity index is 767. The molecular weight excluding hydrogens is 316 g/mol. The molecule has 0 saturated heterocycles. The number of rotatable bonds is 5. The number of ether oxygens (including phenoxy) is 2. The summed E-state index contributed by atoms with van der Waals surface area (Å²) in [4.78, 5) is 23.3. The van der Waals surface area contributed by atoms with Crippen molar-refractivity contribution in [3.63, 3.8) is 0 Å². The number of fused-ring (bicyclic) bond motifs is 1. The van der Waals surface area contributed by atoms with Gasteiger partial charge in [-0.15, -0.1) is 0 Å². The van der Waals surface area contributed by atoms with Crippen LogP contribution in [0.3, 0.4) is 0 Å². The summed E-state index contributed by atoms with van der Waals surface area (Å²) in [7, 11) is 2.90. The predicted molar refractivity (Wildman–Crippen MR) is 90.3 cm³/mol. The summed E-state index contributed by atoms with van der Waals surface area (Å²) in [6, 6.07) is 7.35. The lowest BCUT2D eigenvalue weighted by Gasteiger charge is -2.15. The van der Waals surface area contributed by atoms with E-state index in [1.54, 1.807) is 13.0 Å². The summed E-state index contributed by atoms with van der Waals surface area (Å²) in [6.45, 7) is 3.32. The highest BCUT2D eigenvalue weighted by atomic mass is 35.5. The van der Waals surface area contributed by atoms with E-state index in [1.165, 1.54) is 21.1 Å². The molecule has 0 N–H and O–H groups in total. The highest BCUT2D eigenvalue weighted by Crippen LogP contribution is 2.37. The summed E-state index contributed by atoms with van der Waals surface area (Å²) < 4.78 is 10.1. The topological polar surface area (TPSA) is 52.6 Å². The van der Waals surface area contributed by atoms with Crippen molar-refractivity contribution in [3.8, 4) is 5.75 Å². The molecule has 0 aromatic heterocycles. The van der Waals surface area contributed by atoms with E-state index < -0.39 is 5.92 Å². The summed E-state index contributed by atoms with van der Waals surface area (Å²) >= 11 is 6.37. The van der Waals surface area contributed by atoms with Gasteiger partial charge in [0.1, 0.15) is 11.5 Å². The predicted octanol–water partition coefficient (Wildman–Crippen LogP) is 3.91. The maximum atomic E-state index is 11.8. The van der Waals surface area contributed by atoms with Crippen molar-refractivity contribution in [2.24, 2.45) is 0 Å². The minimum Gasteiger partial charge on any atom is -0.495 e. The van der Waals surface area contributed by atoms with Crippen LogP contribution in [0.4, 0.5) is 0 Å².